The molecule has 0 saturated carbocycles. The van der Waals surface area contributed by atoms with Gasteiger partial charge in [-0.1, -0.05) is 13.8 Å². The van der Waals surface area contributed by atoms with Crippen LogP contribution in [0.5, 0.6) is 0 Å². The van der Waals surface area contributed by atoms with Crippen molar-refractivity contribution in [2.24, 2.45) is 17.6 Å². The number of hydrogen-bond donors (Lipinski definition) is 2. The molecule has 1 unspecified atom stereocenters. The predicted octanol–water partition coefficient (Wildman–Crippen LogP) is 2.78. The van der Waals surface area contributed by atoms with Gasteiger partial charge in [0.15, 0.2) is 0 Å². The van der Waals surface area contributed by atoms with E-state index in [-0.39, 0.29) is 17.6 Å². The van der Waals surface area contributed by atoms with Gasteiger partial charge in [0.05, 0.1) is 0 Å². The van der Waals surface area contributed by atoms with Crippen molar-refractivity contribution < 1.29 is 9.18 Å². The lowest BCUT2D eigenvalue weighted by Gasteiger charge is -2.17. The average molecular weight is 252 g/mol. The highest BCUT2D eigenvalue weighted by Gasteiger charge is 2.19. The van der Waals surface area contributed by atoms with Gasteiger partial charge in [0.25, 0.3) is 0 Å². The third-order valence-corrected chi connectivity index (χ3v) is 2.75. The molecule has 0 saturated heterocycles. The van der Waals surface area contributed by atoms with Crippen LogP contribution in [0.1, 0.15) is 26.7 Å². The molecule has 0 spiro atoms. The quantitative estimate of drug-likeness (QED) is 0.818. The molecule has 0 aliphatic rings. The fourth-order valence-electron chi connectivity index (χ4n) is 1.90. The van der Waals surface area contributed by atoms with Crippen molar-refractivity contribution in [3.8, 4) is 0 Å². The maximum absolute atomic E-state index is 12.7. The summed E-state index contributed by atoms with van der Waals surface area (Å²) in [6.07, 6.45) is 1.48. The van der Waals surface area contributed by atoms with Crippen LogP contribution in [0, 0.1) is 17.7 Å². The maximum Gasteiger partial charge on any atom is 0.227 e. The monoisotopic (exact) mass is 252 g/mol. The summed E-state index contributed by atoms with van der Waals surface area (Å²) in [7, 11) is 0. The minimum Gasteiger partial charge on any atom is -0.330 e. The first-order valence-electron chi connectivity index (χ1n) is 6.29. The van der Waals surface area contributed by atoms with Crippen LogP contribution in [0.3, 0.4) is 0 Å². The van der Waals surface area contributed by atoms with Crippen LogP contribution in [0.25, 0.3) is 0 Å². The van der Waals surface area contributed by atoms with Crippen LogP contribution in [-0.4, -0.2) is 12.5 Å². The summed E-state index contributed by atoms with van der Waals surface area (Å²) >= 11 is 0. The first kappa shape index (κ1) is 14.6. The smallest absolute Gasteiger partial charge is 0.227 e. The topological polar surface area (TPSA) is 55.1 Å². The second kappa shape index (κ2) is 7.11. The SMILES string of the molecule is CC(C)CC(CCN)C(=O)Nc1ccc(F)cc1. The summed E-state index contributed by atoms with van der Waals surface area (Å²) in [6, 6.07) is 5.77. The number of anilines is 1. The Hall–Kier alpha value is -1.42. The molecular weight excluding hydrogens is 231 g/mol. The molecule has 1 aromatic carbocycles. The molecular formula is C14H21FN2O. The second-order valence-electron chi connectivity index (χ2n) is 4.90. The summed E-state index contributed by atoms with van der Waals surface area (Å²) in [5.74, 6) is 0.00927. The van der Waals surface area contributed by atoms with E-state index in [0.717, 1.165) is 6.42 Å². The van der Waals surface area contributed by atoms with Gasteiger partial charge >= 0.3 is 0 Å². The summed E-state index contributed by atoms with van der Waals surface area (Å²) < 4.78 is 12.7. The number of benzene rings is 1. The number of carbonyl (C=O) groups is 1. The lowest BCUT2D eigenvalue weighted by Crippen LogP contribution is -2.26. The Labute approximate surface area is 108 Å². The summed E-state index contributed by atoms with van der Waals surface area (Å²) in [4.78, 5) is 12.1. The highest BCUT2D eigenvalue weighted by Crippen LogP contribution is 2.18. The van der Waals surface area contributed by atoms with E-state index in [2.05, 4.69) is 19.2 Å². The fourth-order valence-corrected chi connectivity index (χ4v) is 1.90. The number of nitrogens with two attached hydrogens (primary N) is 1. The van der Waals surface area contributed by atoms with E-state index < -0.39 is 0 Å². The summed E-state index contributed by atoms with van der Waals surface area (Å²) in [5.41, 5.74) is 6.14. The van der Waals surface area contributed by atoms with Gasteiger partial charge in [0, 0.05) is 11.6 Å². The van der Waals surface area contributed by atoms with Crippen molar-refractivity contribution in [3.63, 3.8) is 0 Å². The molecule has 0 aliphatic carbocycles. The lowest BCUT2D eigenvalue weighted by atomic mass is 9.93. The van der Waals surface area contributed by atoms with Gasteiger partial charge in [0.1, 0.15) is 5.82 Å². The van der Waals surface area contributed by atoms with Gasteiger partial charge in [-0.05, 0) is 49.6 Å². The largest absolute Gasteiger partial charge is 0.330 e. The highest BCUT2D eigenvalue weighted by molar-refractivity contribution is 5.92. The molecule has 4 heteroatoms. The molecule has 1 aromatic rings. The number of halogens is 1. The molecule has 0 bridgehead atoms. The number of carbonyl (C=O) groups excluding carboxylic acids is 1. The first-order chi connectivity index (χ1) is 8.52. The van der Waals surface area contributed by atoms with Crippen LogP contribution >= 0.6 is 0 Å². The number of hydrogen-bond acceptors (Lipinski definition) is 2. The third kappa shape index (κ3) is 4.84. The molecule has 18 heavy (non-hydrogen) atoms. The molecule has 0 aromatic heterocycles. The van der Waals surface area contributed by atoms with Crippen LogP contribution in [-0.2, 0) is 4.79 Å². The molecule has 0 radical (unpaired) electrons. The molecule has 0 fully saturated rings. The van der Waals surface area contributed by atoms with E-state index in [0.29, 0.717) is 24.6 Å². The Kier molecular flexibility index (Phi) is 5.78. The molecule has 3 nitrogen and oxygen atoms in total. The van der Waals surface area contributed by atoms with Crippen LogP contribution in [0.15, 0.2) is 24.3 Å². The standard InChI is InChI=1S/C14H21FN2O/c1-10(2)9-11(7-8-16)14(18)17-13-5-3-12(15)4-6-13/h3-6,10-11H,7-9,16H2,1-2H3,(H,17,18). The van der Waals surface area contributed by atoms with Crippen molar-refractivity contribution in [2.45, 2.75) is 26.7 Å². The van der Waals surface area contributed by atoms with Crippen LogP contribution in [0.2, 0.25) is 0 Å². The molecule has 100 valence electrons. The van der Waals surface area contributed by atoms with Crippen molar-refractivity contribution >= 4 is 11.6 Å². The zero-order valence-electron chi connectivity index (χ0n) is 10.9. The van der Waals surface area contributed by atoms with E-state index in [4.69, 9.17) is 5.73 Å². The molecule has 1 amide bonds. The predicted molar refractivity (Wildman–Crippen MR) is 71.6 cm³/mol. The van der Waals surface area contributed by atoms with E-state index in [1.165, 1.54) is 12.1 Å². The summed E-state index contributed by atoms with van der Waals surface area (Å²) in [6.45, 7) is 4.65. The Bertz CT molecular complexity index is 376. The lowest BCUT2D eigenvalue weighted by molar-refractivity contribution is -0.120. The highest BCUT2D eigenvalue weighted by atomic mass is 19.1. The molecule has 0 heterocycles. The fraction of sp³-hybridized carbons (Fsp3) is 0.500. The Morgan fingerprint density at radius 2 is 1.94 bits per heavy atom. The number of rotatable bonds is 6. The second-order valence-corrected chi connectivity index (χ2v) is 4.90. The Morgan fingerprint density at radius 3 is 2.44 bits per heavy atom. The number of nitrogens with one attached hydrogen (secondary N) is 1. The van der Waals surface area contributed by atoms with E-state index in [9.17, 15) is 9.18 Å². The van der Waals surface area contributed by atoms with Crippen LogP contribution in [0.4, 0.5) is 10.1 Å². The molecule has 1 rings (SSSR count). The minimum absolute atomic E-state index is 0.0410. The Balaban J connectivity index is 2.63. The van der Waals surface area contributed by atoms with Gasteiger partial charge in [-0.2, -0.15) is 0 Å². The molecule has 0 aliphatic heterocycles. The first-order valence-corrected chi connectivity index (χ1v) is 6.29. The zero-order chi connectivity index (χ0) is 13.5. The van der Waals surface area contributed by atoms with Gasteiger partial charge in [-0.15, -0.1) is 0 Å². The van der Waals surface area contributed by atoms with Gasteiger partial charge in [-0.25, -0.2) is 4.39 Å². The van der Waals surface area contributed by atoms with Crippen molar-refractivity contribution in [1.82, 2.24) is 0 Å². The zero-order valence-corrected chi connectivity index (χ0v) is 10.9. The van der Waals surface area contributed by atoms with Crippen LogP contribution < -0.4 is 11.1 Å². The van der Waals surface area contributed by atoms with Gasteiger partial charge in [-0.3, -0.25) is 4.79 Å². The minimum atomic E-state index is -0.311. The van der Waals surface area contributed by atoms with E-state index in [1.54, 1.807) is 12.1 Å². The molecule has 3 N–H and O–H groups in total. The van der Waals surface area contributed by atoms with Gasteiger partial charge < -0.3 is 11.1 Å². The van der Waals surface area contributed by atoms with E-state index >= 15 is 0 Å². The normalized spacial score (nSPS) is 12.5. The van der Waals surface area contributed by atoms with E-state index in [1.807, 2.05) is 0 Å². The Morgan fingerprint density at radius 1 is 1.33 bits per heavy atom. The third-order valence-electron chi connectivity index (χ3n) is 2.75. The number of amides is 1. The van der Waals surface area contributed by atoms with Crippen molar-refractivity contribution in [3.05, 3.63) is 30.1 Å². The van der Waals surface area contributed by atoms with Gasteiger partial charge in [0.2, 0.25) is 5.91 Å². The maximum atomic E-state index is 12.7. The molecule has 1 atom stereocenters. The summed E-state index contributed by atoms with van der Waals surface area (Å²) in [5, 5.41) is 2.80. The van der Waals surface area contributed by atoms with Crippen molar-refractivity contribution in [2.75, 3.05) is 11.9 Å². The average Bonchev–Trinajstić information content (AvgIpc) is 2.31. The van der Waals surface area contributed by atoms with Crippen molar-refractivity contribution in [1.29, 1.82) is 0 Å².